The number of aromatic nitrogens is 1. The van der Waals surface area contributed by atoms with Crippen LogP contribution in [0.5, 0.6) is 5.75 Å². The summed E-state index contributed by atoms with van der Waals surface area (Å²) in [5, 5.41) is 1.21. The average molecular weight is 264 g/mol. The second kappa shape index (κ2) is 5.61. The lowest BCUT2D eigenvalue weighted by Crippen LogP contribution is -1.86. The highest BCUT2D eigenvalue weighted by molar-refractivity contribution is 5.88. The number of H-pyrrole nitrogens is 1. The fourth-order valence-corrected chi connectivity index (χ4v) is 2.14. The topological polar surface area (TPSA) is 37.4 Å². The normalized spacial score (nSPS) is 11.2. The standard InChI is InChI=1S/C17H16N2O/c1-20-16-5-2-13(3-6-16)11-18-12-14-4-7-17-15(10-14)8-9-19-17/h2-10,12,19H,11H2,1H3. The van der Waals surface area contributed by atoms with Crippen LogP contribution in [-0.4, -0.2) is 18.3 Å². The van der Waals surface area contributed by atoms with Crippen LogP contribution in [-0.2, 0) is 6.54 Å². The Morgan fingerprint density at radius 2 is 1.95 bits per heavy atom. The molecule has 3 rings (SSSR count). The van der Waals surface area contributed by atoms with E-state index in [1.165, 1.54) is 10.9 Å². The number of nitrogens with zero attached hydrogens (tertiary/aromatic N) is 1. The molecule has 0 spiro atoms. The molecule has 0 saturated heterocycles. The monoisotopic (exact) mass is 264 g/mol. The van der Waals surface area contributed by atoms with Crippen LogP contribution in [0.4, 0.5) is 0 Å². The largest absolute Gasteiger partial charge is 0.497 e. The molecule has 0 saturated carbocycles. The van der Waals surface area contributed by atoms with Gasteiger partial charge < -0.3 is 9.72 Å². The molecule has 0 radical (unpaired) electrons. The van der Waals surface area contributed by atoms with E-state index >= 15 is 0 Å². The van der Waals surface area contributed by atoms with E-state index in [4.69, 9.17) is 4.74 Å². The van der Waals surface area contributed by atoms with Crippen LogP contribution in [0, 0.1) is 0 Å². The Bertz CT molecular complexity index is 726. The first-order valence-corrected chi connectivity index (χ1v) is 6.55. The summed E-state index contributed by atoms with van der Waals surface area (Å²) in [4.78, 5) is 7.67. The van der Waals surface area contributed by atoms with Gasteiger partial charge in [0, 0.05) is 17.9 Å². The maximum absolute atomic E-state index is 5.13. The van der Waals surface area contributed by atoms with Crippen LogP contribution >= 0.6 is 0 Å². The molecular weight excluding hydrogens is 248 g/mol. The molecule has 2 aromatic carbocycles. The molecule has 0 bridgehead atoms. The fraction of sp³-hybridized carbons (Fsp3) is 0.118. The Balaban J connectivity index is 1.69. The van der Waals surface area contributed by atoms with Crippen molar-refractivity contribution in [1.29, 1.82) is 0 Å². The summed E-state index contributed by atoms with van der Waals surface area (Å²) in [6, 6.07) is 16.3. The number of hydrogen-bond donors (Lipinski definition) is 1. The predicted molar refractivity (Wildman–Crippen MR) is 82.6 cm³/mol. The average Bonchev–Trinajstić information content (AvgIpc) is 2.95. The van der Waals surface area contributed by atoms with Crippen molar-refractivity contribution >= 4 is 17.1 Å². The third-order valence-electron chi connectivity index (χ3n) is 3.25. The third-order valence-corrected chi connectivity index (χ3v) is 3.25. The molecule has 100 valence electrons. The SMILES string of the molecule is COc1ccc(CN=Cc2ccc3[nH]ccc3c2)cc1. The zero-order chi connectivity index (χ0) is 13.8. The summed E-state index contributed by atoms with van der Waals surface area (Å²) in [6.07, 6.45) is 3.86. The van der Waals surface area contributed by atoms with E-state index in [1.54, 1.807) is 7.11 Å². The third kappa shape index (κ3) is 2.72. The molecule has 0 atom stereocenters. The van der Waals surface area contributed by atoms with Gasteiger partial charge in [-0.2, -0.15) is 0 Å². The number of nitrogens with one attached hydrogen (secondary N) is 1. The number of fused-ring (bicyclic) bond motifs is 1. The maximum Gasteiger partial charge on any atom is 0.118 e. The molecule has 0 unspecified atom stereocenters. The van der Waals surface area contributed by atoms with Crippen molar-refractivity contribution in [3.63, 3.8) is 0 Å². The highest BCUT2D eigenvalue weighted by atomic mass is 16.5. The number of methoxy groups -OCH3 is 1. The number of rotatable bonds is 4. The van der Waals surface area contributed by atoms with Gasteiger partial charge in [-0.1, -0.05) is 18.2 Å². The summed E-state index contributed by atoms with van der Waals surface area (Å²) >= 11 is 0. The summed E-state index contributed by atoms with van der Waals surface area (Å²) in [5.74, 6) is 0.871. The number of hydrogen-bond acceptors (Lipinski definition) is 2. The van der Waals surface area contributed by atoms with Gasteiger partial charge in [0.15, 0.2) is 0 Å². The van der Waals surface area contributed by atoms with Crippen molar-refractivity contribution in [1.82, 2.24) is 4.98 Å². The molecule has 1 aromatic heterocycles. The summed E-state index contributed by atoms with van der Waals surface area (Å²) in [5.41, 5.74) is 3.44. The van der Waals surface area contributed by atoms with E-state index in [0.717, 1.165) is 16.8 Å². The van der Waals surface area contributed by atoms with E-state index in [-0.39, 0.29) is 0 Å². The van der Waals surface area contributed by atoms with Gasteiger partial charge in [0.25, 0.3) is 0 Å². The molecular formula is C17H16N2O. The first-order valence-electron chi connectivity index (χ1n) is 6.55. The van der Waals surface area contributed by atoms with Crippen LogP contribution in [0.15, 0.2) is 59.7 Å². The van der Waals surface area contributed by atoms with E-state index in [1.807, 2.05) is 36.7 Å². The van der Waals surface area contributed by atoms with Gasteiger partial charge in [-0.05, 0) is 46.8 Å². The van der Waals surface area contributed by atoms with Crippen LogP contribution < -0.4 is 4.74 Å². The van der Waals surface area contributed by atoms with Crippen LogP contribution in [0.2, 0.25) is 0 Å². The van der Waals surface area contributed by atoms with E-state index in [0.29, 0.717) is 6.54 Å². The van der Waals surface area contributed by atoms with Crippen LogP contribution in [0.1, 0.15) is 11.1 Å². The Morgan fingerprint density at radius 3 is 2.75 bits per heavy atom. The molecule has 1 heterocycles. The highest BCUT2D eigenvalue weighted by Crippen LogP contribution is 2.14. The summed E-state index contributed by atoms with van der Waals surface area (Å²) in [7, 11) is 1.67. The van der Waals surface area contributed by atoms with Crippen molar-refractivity contribution < 1.29 is 4.74 Å². The molecule has 3 heteroatoms. The lowest BCUT2D eigenvalue weighted by Gasteiger charge is -2.00. The van der Waals surface area contributed by atoms with Crippen molar-refractivity contribution in [3.8, 4) is 5.75 Å². The Hall–Kier alpha value is -2.55. The molecule has 1 N–H and O–H groups in total. The molecule has 3 aromatic rings. The highest BCUT2D eigenvalue weighted by Gasteiger charge is 1.95. The van der Waals surface area contributed by atoms with E-state index in [9.17, 15) is 0 Å². The minimum absolute atomic E-state index is 0.676. The number of aliphatic imine (C=N–C) groups is 1. The first kappa shape index (κ1) is 12.5. The molecule has 0 aliphatic heterocycles. The fourth-order valence-electron chi connectivity index (χ4n) is 2.14. The Morgan fingerprint density at radius 1 is 1.10 bits per heavy atom. The molecule has 20 heavy (non-hydrogen) atoms. The predicted octanol–water partition coefficient (Wildman–Crippen LogP) is 3.80. The Labute approximate surface area is 117 Å². The van der Waals surface area contributed by atoms with Crippen LogP contribution in [0.25, 0.3) is 10.9 Å². The van der Waals surface area contributed by atoms with Crippen molar-refractivity contribution in [2.24, 2.45) is 4.99 Å². The minimum Gasteiger partial charge on any atom is -0.497 e. The number of ether oxygens (including phenoxy) is 1. The van der Waals surface area contributed by atoms with Gasteiger partial charge in [0.05, 0.1) is 13.7 Å². The first-order chi connectivity index (χ1) is 9.85. The molecule has 0 aliphatic rings. The molecule has 0 aliphatic carbocycles. The van der Waals surface area contributed by atoms with Gasteiger partial charge in [-0.25, -0.2) is 0 Å². The zero-order valence-corrected chi connectivity index (χ0v) is 11.3. The second-order valence-corrected chi connectivity index (χ2v) is 4.64. The number of aromatic amines is 1. The lowest BCUT2D eigenvalue weighted by molar-refractivity contribution is 0.414. The zero-order valence-electron chi connectivity index (χ0n) is 11.3. The summed E-state index contributed by atoms with van der Waals surface area (Å²) in [6.45, 7) is 0.676. The quantitative estimate of drug-likeness (QED) is 0.715. The van der Waals surface area contributed by atoms with Crippen molar-refractivity contribution in [3.05, 3.63) is 65.9 Å². The van der Waals surface area contributed by atoms with Gasteiger partial charge in [0.1, 0.15) is 5.75 Å². The van der Waals surface area contributed by atoms with Gasteiger partial charge in [-0.3, -0.25) is 4.99 Å². The Kier molecular flexibility index (Phi) is 3.50. The molecule has 0 amide bonds. The van der Waals surface area contributed by atoms with Crippen LogP contribution in [0.3, 0.4) is 0 Å². The van der Waals surface area contributed by atoms with E-state index in [2.05, 4.69) is 34.2 Å². The smallest absolute Gasteiger partial charge is 0.118 e. The minimum atomic E-state index is 0.676. The van der Waals surface area contributed by atoms with E-state index < -0.39 is 0 Å². The summed E-state index contributed by atoms with van der Waals surface area (Å²) < 4.78 is 5.13. The maximum atomic E-state index is 5.13. The van der Waals surface area contributed by atoms with Gasteiger partial charge >= 0.3 is 0 Å². The molecule has 0 fully saturated rings. The van der Waals surface area contributed by atoms with Crippen molar-refractivity contribution in [2.75, 3.05) is 7.11 Å². The second-order valence-electron chi connectivity index (χ2n) is 4.64. The van der Waals surface area contributed by atoms with Gasteiger partial charge in [-0.15, -0.1) is 0 Å². The van der Waals surface area contributed by atoms with Gasteiger partial charge in [0.2, 0.25) is 0 Å². The number of benzene rings is 2. The lowest BCUT2D eigenvalue weighted by atomic mass is 10.2. The van der Waals surface area contributed by atoms with Crippen molar-refractivity contribution in [2.45, 2.75) is 6.54 Å². The molecule has 3 nitrogen and oxygen atoms in total.